The van der Waals surface area contributed by atoms with Gasteiger partial charge in [-0.2, -0.15) is 0 Å². The summed E-state index contributed by atoms with van der Waals surface area (Å²) in [7, 11) is 0. The first kappa shape index (κ1) is 16.2. The SMILES string of the molecule is CC(CC(CCn1c(=O)[nH]c(=O)oc1=O)N=C=O)N=C=O. The summed E-state index contributed by atoms with van der Waals surface area (Å²) in [6.45, 7) is 1.50. The number of aromatic amines is 1. The Labute approximate surface area is 116 Å². The number of hydrogen-bond donors (Lipinski definition) is 1. The molecule has 0 aliphatic carbocycles. The maximum absolute atomic E-state index is 11.4. The molecule has 0 bridgehead atoms. The van der Waals surface area contributed by atoms with Crippen LogP contribution in [0.4, 0.5) is 0 Å². The Balaban J connectivity index is 2.85. The molecule has 0 aliphatic heterocycles. The fourth-order valence-electron chi connectivity index (χ4n) is 1.71. The zero-order valence-corrected chi connectivity index (χ0v) is 11.1. The first-order valence-corrected chi connectivity index (χ1v) is 5.96. The van der Waals surface area contributed by atoms with E-state index < -0.39 is 29.3 Å². The smallest absolute Gasteiger partial charge is 0.359 e. The number of H-pyrrole nitrogens is 1. The van der Waals surface area contributed by atoms with Crippen LogP contribution in [0.3, 0.4) is 0 Å². The van der Waals surface area contributed by atoms with Crippen LogP contribution < -0.4 is 17.2 Å². The molecular weight excluding hydrogens is 284 g/mol. The van der Waals surface area contributed by atoms with Crippen LogP contribution in [0.1, 0.15) is 19.8 Å². The van der Waals surface area contributed by atoms with E-state index in [1.807, 2.05) is 0 Å². The van der Waals surface area contributed by atoms with Crippen molar-refractivity contribution in [2.45, 2.75) is 38.4 Å². The van der Waals surface area contributed by atoms with E-state index in [2.05, 4.69) is 14.4 Å². The highest BCUT2D eigenvalue weighted by Gasteiger charge is 2.14. The minimum absolute atomic E-state index is 0.120. The Morgan fingerprint density at radius 1 is 1.24 bits per heavy atom. The number of isocyanates is 2. The van der Waals surface area contributed by atoms with Crippen LogP contribution in [-0.4, -0.2) is 33.8 Å². The van der Waals surface area contributed by atoms with E-state index in [1.54, 1.807) is 11.9 Å². The van der Waals surface area contributed by atoms with Crippen molar-refractivity contribution >= 4 is 12.2 Å². The van der Waals surface area contributed by atoms with Crippen molar-refractivity contribution in [1.82, 2.24) is 9.55 Å². The van der Waals surface area contributed by atoms with E-state index in [1.165, 1.54) is 12.2 Å². The van der Waals surface area contributed by atoms with Gasteiger partial charge in [0.1, 0.15) is 0 Å². The molecule has 112 valence electrons. The molecule has 0 saturated heterocycles. The van der Waals surface area contributed by atoms with E-state index in [-0.39, 0.29) is 19.4 Å². The standard InChI is InChI=1S/C11H12N4O6/c1-7(12-5-16)4-8(13-6-17)2-3-15-9(18)14-10(19)21-11(15)20/h7-8H,2-4H2,1H3,(H,14,18,19). The lowest BCUT2D eigenvalue weighted by atomic mass is 10.1. The molecule has 1 rings (SSSR count). The van der Waals surface area contributed by atoms with Crippen LogP contribution in [0.25, 0.3) is 0 Å². The topological polar surface area (TPSA) is 144 Å². The second-order valence-corrected chi connectivity index (χ2v) is 4.21. The molecule has 0 amide bonds. The van der Waals surface area contributed by atoms with Crippen molar-refractivity contribution < 1.29 is 14.0 Å². The summed E-state index contributed by atoms with van der Waals surface area (Å²) in [4.78, 5) is 62.8. The average molecular weight is 296 g/mol. The molecule has 1 heterocycles. The second kappa shape index (κ2) is 7.68. The summed E-state index contributed by atoms with van der Waals surface area (Å²) in [5, 5.41) is 0. The van der Waals surface area contributed by atoms with Gasteiger partial charge < -0.3 is 4.42 Å². The highest BCUT2D eigenvalue weighted by atomic mass is 16.5. The Hall–Kier alpha value is -2.83. The summed E-state index contributed by atoms with van der Waals surface area (Å²) in [6, 6.07) is -1.01. The van der Waals surface area contributed by atoms with Crippen molar-refractivity contribution in [2.24, 2.45) is 9.98 Å². The molecule has 0 spiro atoms. The predicted octanol–water partition coefficient (Wildman–Crippen LogP) is -1.30. The summed E-state index contributed by atoms with van der Waals surface area (Å²) in [5.41, 5.74) is -0.913. The van der Waals surface area contributed by atoms with E-state index in [0.717, 1.165) is 0 Å². The van der Waals surface area contributed by atoms with Crippen LogP contribution in [0.5, 0.6) is 0 Å². The Kier molecular flexibility index (Phi) is 5.94. The quantitative estimate of drug-likeness (QED) is 0.489. The molecule has 1 N–H and O–H groups in total. The van der Waals surface area contributed by atoms with E-state index in [0.29, 0.717) is 4.57 Å². The molecule has 2 unspecified atom stereocenters. The monoisotopic (exact) mass is 296 g/mol. The number of hydrogen-bond acceptors (Lipinski definition) is 8. The average Bonchev–Trinajstić information content (AvgIpc) is 2.37. The van der Waals surface area contributed by atoms with Crippen LogP contribution in [-0.2, 0) is 16.1 Å². The molecule has 2 atom stereocenters. The fraction of sp³-hybridized carbons (Fsp3) is 0.545. The molecular formula is C11H12N4O6. The molecule has 0 aliphatic rings. The molecule has 1 aromatic rings. The lowest BCUT2D eigenvalue weighted by Crippen LogP contribution is -2.40. The van der Waals surface area contributed by atoms with E-state index in [4.69, 9.17) is 0 Å². The predicted molar refractivity (Wildman–Crippen MR) is 68.6 cm³/mol. The zero-order chi connectivity index (χ0) is 15.8. The third-order valence-electron chi connectivity index (χ3n) is 2.66. The first-order chi connectivity index (χ1) is 9.97. The fourth-order valence-corrected chi connectivity index (χ4v) is 1.71. The van der Waals surface area contributed by atoms with Gasteiger partial charge in [0.15, 0.2) is 0 Å². The number of nitrogens with zero attached hydrogens (tertiary/aromatic N) is 3. The number of carbonyl (C=O) groups excluding carboxylic acids is 2. The Morgan fingerprint density at radius 3 is 2.48 bits per heavy atom. The Morgan fingerprint density at radius 2 is 1.90 bits per heavy atom. The lowest BCUT2D eigenvalue weighted by molar-refractivity contribution is 0.353. The van der Waals surface area contributed by atoms with Crippen LogP contribution in [0.2, 0.25) is 0 Å². The maximum atomic E-state index is 11.4. The molecule has 0 fully saturated rings. The van der Waals surface area contributed by atoms with Gasteiger partial charge in [0.25, 0.3) is 0 Å². The summed E-state index contributed by atoms with van der Waals surface area (Å²) >= 11 is 0. The number of rotatable bonds is 7. The first-order valence-electron chi connectivity index (χ1n) is 5.96. The van der Waals surface area contributed by atoms with Gasteiger partial charge in [0, 0.05) is 6.54 Å². The lowest BCUT2D eigenvalue weighted by Gasteiger charge is -2.12. The number of aliphatic imine (C=N–C) groups is 2. The molecule has 1 aromatic heterocycles. The van der Waals surface area contributed by atoms with Crippen molar-refractivity contribution in [1.29, 1.82) is 0 Å². The van der Waals surface area contributed by atoms with Gasteiger partial charge in [-0.05, 0) is 19.8 Å². The largest absolute Gasteiger partial charge is 0.427 e. The second-order valence-electron chi connectivity index (χ2n) is 4.21. The third kappa shape index (κ3) is 4.98. The summed E-state index contributed by atoms with van der Waals surface area (Å²) < 4.78 is 4.89. The van der Waals surface area contributed by atoms with Gasteiger partial charge in [-0.3, -0.25) is 0 Å². The van der Waals surface area contributed by atoms with Gasteiger partial charge >= 0.3 is 17.2 Å². The van der Waals surface area contributed by atoms with Gasteiger partial charge in [0.2, 0.25) is 12.2 Å². The van der Waals surface area contributed by atoms with Gasteiger partial charge in [0.05, 0.1) is 12.1 Å². The molecule has 0 saturated carbocycles. The summed E-state index contributed by atoms with van der Waals surface area (Å²) in [5.74, 6) is -2.24. The maximum Gasteiger partial charge on any atom is 0.427 e. The third-order valence-corrected chi connectivity index (χ3v) is 2.66. The molecule has 21 heavy (non-hydrogen) atoms. The molecule has 10 nitrogen and oxygen atoms in total. The minimum atomic E-state index is -1.14. The Bertz CT molecular complexity index is 713. The zero-order valence-electron chi connectivity index (χ0n) is 11.1. The highest BCUT2D eigenvalue weighted by molar-refractivity contribution is 5.34. The minimum Gasteiger partial charge on any atom is -0.359 e. The van der Waals surface area contributed by atoms with Crippen LogP contribution in [0.15, 0.2) is 28.8 Å². The van der Waals surface area contributed by atoms with E-state index >= 15 is 0 Å². The normalized spacial score (nSPS) is 12.8. The van der Waals surface area contributed by atoms with Crippen molar-refractivity contribution in [3.05, 3.63) is 31.6 Å². The van der Waals surface area contributed by atoms with Gasteiger partial charge in [-0.15, -0.1) is 0 Å². The summed E-state index contributed by atoms with van der Waals surface area (Å²) in [6.07, 6.45) is 3.14. The van der Waals surface area contributed by atoms with Crippen molar-refractivity contribution in [2.75, 3.05) is 0 Å². The molecule has 10 heteroatoms. The van der Waals surface area contributed by atoms with E-state index in [9.17, 15) is 24.0 Å². The number of nitrogens with one attached hydrogen (secondary N) is 1. The van der Waals surface area contributed by atoms with Gasteiger partial charge in [-0.1, -0.05) is 0 Å². The van der Waals surface area contributed by atoms with Crippen molar-refractivity contribution in [3.8, 4) is 0 Å². The van der Waals surface area contributed by atoms with Crippen LogP contribution >= 0.6 is 0 Å². The van der Waals surface area contributed by atoms with Gasteiger partial charge in [-0.25, -0.2) is 43.5 Å². The van der Waals surface area contributed by atoms with Crippen LogP contribution in [0, 0.1) is 0 Å². The molecule has 0 aromatic carbocycles. The highest BCUT2D eigenvalue weighted by Crippen LogP contribution is 2.09. The molecule has 0 radical (unpaired) electrons. The number of aromatic nitrogens is 2. The van der Waals surface area contributed by atoms with Crippen molar-refractivity contribution in [3.63, 3.8) is 0 Å².